The van der Waals surface area contributed by atoms with E-state index in [9.17, 15) is 18.9 Å². The van der Waals surface area contributed by atoms with Crippen LogP contribution in [0, 0.1) is 10.1 Å². The molecule has 0 aliphatic rings. The minimum absolute atomic E-state index is 0.311. The van der Waals surface area contributed by atoms with Crippen LogP contribution in [0.5, 0.6) is 0 Å². The lowest BCUT2D eigenvalue weighted by atomic mass is 10.1. The summed E-state index contributed by atoms with van der Waals surface area (Å²) in [6, 6.07) is 3.26. The van der Waals surface area contributed by atoms with Gasteiger partial charge in [0.2, 0.25) is 0 Å². The molecule has 7 heteroatoms. The summed E-state index contributed by atoms with van der Waals surface area (Å²) in [4.78, 5) is 9.68. The molecule has 0 aliphatic heterocycles. The number of aliphatic hydroxyl groups excluding tert-OH is 1. The zero-order valence-corrected chi connectivity index (χ0v) is 8.87. The Morgan fingerprint density at radius 3 is 2.60 bits per heavy atom. The number of nitro groups is 1. The second-order valence-electron chi connectivity index (χ2n) is 2.76. The van der Waals surface area contributed by atoms with Gasteiger partial charge in [-0.15, -0.1) is 0 Å². The molecule has 4 nitrogen and oxygen atoms in total. The van der Waals surface area contributed by atoms with Gasteiger partial charge in [-0.05, 0) is 15.9 Å². The number of alkyl halides is 2. The highest BCUT2D eigenvalue weighted by Gasteiger charge is 2.35. The highest BCUT2D eigenvalue weighted by molar-refractivity contribution is 9.10. The first-order chi connectivity index (χ1) is 6.90. The van der Waals surface area contributed by atoms with Crippen molar-refractivity contribution in [3.63, 3.8) is 0 Å². The monoisotopic (exact) mass is 281 g/mol. The Hall–Kier alpha value is -1.08. The van der Waals surface area contributed by atoms with Crippen LogP contribution in [0.15, 0.2) is 22.7 Å². The first-order valence-electron chi connectivity index (χ1n) is 3.82. The van der Waals surface area contributed by atoms with Crippen LogP contribution in [0.1, 0.15) is 5.56 Å². The van der Waals surface area contributed by atoms with E-state index in [-0.39, 0.29) is 4.47 Å². The van der Waals surface area contributed by atoms with Gasteiger partial charge in [-0.1, -0.05) is 12.1 Å². The van der Waals surface area contributed by atoms with E-state index in [2.05, 4.69) is 15.9 Å². The molecule has 82 valence electrons. The van der Waals surface area contributed by atoms with Crippen molar-refractivity contribution in [2.45, 2.75) is 5.92 Å². The topological polar surface area (TPSA) is 63.4 Å². The molecule has 1 aromatic rings. The maximum Gasteiger partial charge on any atom is 0.297 e. The highest BCUT2D eigenvalue weighted by atomic mass is 79.9. The van der Waals surface area contributed by atoms with Crippen LogP contribution in [0.4, 0.5) is 14.5 Å². The fraction of sp³-hybridized carbons (Fsp3) is 0.250. The molecule has 0 heterocycles. The quantitative estimate of drug-likeness (QED) is 0.684. The van der Waals surface area contributed by atoms with Gasteiger partial charge < -0.3 is 5.11 Å². The normalized spacial score (nSPS) is 11.5. The molecule has 0 amide bonds. The zero-order chi connectivity index (χ0) is 11.6. The van der Waals surface area contributed by atoms with Gasteiger partial charge in [-0.25, -0.2) is 0 Å². The van der Waals surface area contributed by atoms with E-state index in [1.165, 1.54) is 0 Å². The number of aliphatic hydroxyl groups is 1. The van der Waals surface area contributed by atoms with Crippen molar-refractivity contribution < 1.29 is 18.8 Å². The molecule has 0 saturated heterocycles. The molecule has 0 radical (unpaired) electrons. The Bertz CT molecular complexity index is 397. The SMILES string of the molecule is O=[N+]([O-])c1cccc(C(F)(F)CO)c1Br. The van der Waals surface area contributed by atoms with Gasteiger partial charge >= 0.3 is 0 Å². The molecule has 0 saturated carbocycles. The molecule has 0 atom stereocenters. The van der Waals surface area contributed by atoms with E-state index >= 15 is 0 Å². The first kappa shape index (κ1) is 12.0. The molecule has 0 aliphatic carbocycles. The van der Waals surface area contributed by atoms with Crippen molar-refractivity contribution in [3.05, 3.63) is 38.3 Å². The predicted molar refractivity (Wildman–Crippen MR) is 51.8 cm³/mol. The number of rotatable bonds is 3. The first-order valence-corrected chi connectivity index (χ1v) is 4.61. The van der Waals surface area contributed by atoms with Gasteiger partial charge in [-0.2, -0.15) is 8.78 Å². The van der Waals surface area contributed by atoms with Crippen molar-refractivity contribution in [1.82, 2.24) is 0 Å². The summed E-state index contributed by atoms with van der Waals surface area (Å²) < 4.78 is 25.9. The third-order valence-corrected chi connectivity index (χ3v) is 2.60. The molecule has 0 spiro atoms. The maximum absolute atomic E-state index is 13.1. The Balaban J connectivity index is 3.33. The second-order valence-corrected chi connectivity index (χ2v) is 3.55. The largest absolute Gasteiger partial charge is 0.390 e. The highest BCUT2D eigenvalue weighted by Crippen LogP contribution is 2.37. The molecule has 1 aromatic carbocycles. The molecule has 0 bridgehead atoms. The molecular formula is C8H6BrF2NO3. The standard InChI is InChI=1S/C8H6BrF2NO3/c9-7-5(8(10,11)4-13)2-1-3-6(7)12(14)15/h1-3,13H,4H2. The van der Waals surface area contributed by atoms with Crippen LogP contribution in [0.3, 0.4) is 0 Å². The van der Waals surface area contributed by atoms with Gasteiger partial charge in [0.25, 0.3) is 11.6 Å². The predicted octanol–water partition coefficient (Wildman–Crippen LogP) is 2.44. The van der Waals surface area contributed by atoms with Gasteiger partial charge in [0, 0.05) is 11.6 Å². The lowest BCUT2D eigenvalue weighted by molar-refractivity contribution is -0.385. The summed E-state index contributed by atoms with van der Waals surface area (Å²) >= 11 is 2.73. The van der Waals surface area contributed by atoms with Gasteiger partial charge in [-0.3, -0.25) is 10.1 Å². The maximum atomic E-state index is 13.1. The second kappa shape index (κ2) is 4.19. The Morgan fingerprint density at radius 2 is 2.13 bits per heavy atom. The fourth-order valence-corrected chi connectivity index (χ4v) is 1.73. The van der Waals surface area contributed by atoms with E-state index in [4.69, 9.17) is 5.11 Å². The lowest BCUT2D eigenvalue weighted by Crippen LogP contribution is -2.19. The zero-order valence-electron chi connectivity index (χ0n) is 7.28. The van der Waals surface area contributed by atoms with E-state index in [1.54, 1.807) is 0 Å². The van der Waals surface area contributed by atoms with Gasteiger partial charge in [0.15, 0.2) is 0 Å². The van der Waals surface area contributed by atoms with Crippen LogP contribution in [-0.2, 0) is 5.92 Å². The summed E-state index contributed by atoms with van der Waals surface area (Å²) in [5.74, 6) is -3.50. The number of halogens is 3. The number of hydrogen-bond acceptors (Lipinski definition) is 3. The summed E-state index contributed by atoms with van der Waals surface area (Å²) in [5.41, 5.74) is -1.06. The van der Waals surface area contributed by atoms with E-state index < -0.39 is 28.7 Å². The molecule has 15 heavy (non-hydrogen) atoms. The number of nitro benzene ring substituents is 1. The van der Waals surface area contributed by atoms with E-state index in [0.717, 1.165) is 18.2 Å². The molecular weight excluding hydrogens is 276 g/mol. The lowest BCUT2D eigenvalue weighted by Gasteiger charge is -2.14. The number of nitrogens with zero attached hydrogens (tertiary/aromatic N) is 1. The summed E-state index contributed by atoms with van der Waals surface area (Å²) in [7, 11) is 0. The van der Waals surface area contributed by atoms with Crippen LogP contribution in [0.2, 0.25) is 0 Å². The summed E-state index contributed by atoms with van der Waals surface area (Å²) in [6.45, 7) is -1.40. The average Bonchev–Trinajstić information content (AvgIpc) is 2.17. The van der Waals surface area contributed by atoms with Crippen LogP contribution < -0.4 is 0 Å². The van der Waals surface area contributed by atoms with Crippen molar-refractivity contribution in [1.29, 1.82) is 0 Å². The van der Waals surface area contributed by atoms with Crippen LogP contribution >= 0.6 is 15.9 Å². The Labute approximate surface area is 91.8 Å². The van der Waals surface area contributed by atoms with Crippen molar-refractivity contribution in [3.8, 4) is 0 Å². The van der Waals surface area contributed by atoms with Crippen molar-refractivity contribution in [2.24, 2.45) is 0 Å². The molecule has 0 unspecified atom stereocenters. The summed E-state index contributed by atoms with van der Waals surface area (Å²) in [5, 5.41) is 18.9. The van der Waals surface area contributed by atoms with Crippen molar-refractivity contribution in [2.75, 3.05) is 6.61 Å². The molecule has 0 fully saturated rings. The van der Waals surface area contributed by atoms with Gasteiger partial charge in [0.1, 0.15) is 11.1 Å². The minimum Gasteiger partial charge on any atom is -0.390 e. The number of benzene rings is 1. The molecule has 1 rings (SSSR count). The number of hydrogen-bond donors (Lipinski definition) is 1. The summed E-state index contributed by atoms with van der Waals surface area (Å²) in [6.07, 6.45) is 0. The fourth-order valence-electron chi connectivity index (χ4n) is 1.03. The van der Waals surface area contributed by atoms with Crippen LogP contribution in [-0.4, -0.2) is 16.6 Å². The van der Waals surface area contributed by atoms with Crippen LogP contribution in [0.25, 0.3) is 0 Å². The van der Waals surface area contributed by atoms with E-state index in [0.29, 0.717) is 0 Å². The van der Waals surface area contributed by atoms with Gasteiger partial charge in [0.05, 0.1) is 4.92 Å². The average molecular weight is 282 g/mol. The van der Waals surface area contributed by atoms with Crippen molar-refractivity contribution >= 4 is 21.6 Å². The van der Waals surface area contributed by atoms with E-state index in [1.807, 2.05) is 0 Å². The molecule has 0 aromatic heterocycles. The third-order valence-electron chi connectivity index (χ3n) is 1.77. The molecule has 1 N–H and O–H groups in total. The third kappa shape index (κ3) is 2.29. The smallest absolute Gasteiger partial charge is 0.297 e. The Kier molecular flexibility index (Phi) is 3.35. The minimum atomic E-state index is -3.50. The Morgan fingerprint density at radius 1 is 1.53 bits per heavy atom.